The summed E-state index contributed by atoms with van der Waals surface area (Å²) in [6.07, 6.45) is -0.278. The second kappa shape index (κ2) is 7.73. The molecule has 0 amide bonds. The van der Waals surface area contributed by atoms with E-state index in [0.29, 0.717) is 13.1 Å². The van der Waals surface area contributed by atoms with Crippen LogP contribution in [0.5, 0.6) is 0 Å². The Balaban J connectivity index is 3.57. The highest BCUT2D eigenvalue weighted by molar-refractivity contribution is 5.71. The van der Waals surface area contributed by atoms with E-state index < -0.39 is 0 Å². The van der Waals surface area contributed by atoms with Crippen LogP contribution in [0.15, 0.2) is 0 Å². The van der Waals surface area contributed by atoms with Gasteiger partial charge in [-0.25, -0.2) is 0 Å². The van der Waals surface area contributed by atoms with Gasteiger partial charge in [-0.05, 0) is 0 Å². The monoisotopic (exact) mass is 205 g/mol. The maximum Gasteiger partial charge on any atom is 0.309 e. The number of nitrogens with one attached hydrogen (secondary N) is 1. The standard InChI is InChI=1S/C9H19NO4/c1-7(9(11)14-4)5-10-6-8(12-2)13-3/h7-8,10H,5-6H2,1-4H3. The second-order valence-corrected chi connectivity index (χ2v) is 2.98. The van der Waals surface area contributed by atoms with E-state index in [1.807, 2.05) is 0 Å². The predicted molar refractivity (Wildman–Crippen MR) is 51.9 cm³/mol. The molecule has 0 saturated carbocycles. The van der Waals surface area contributed by atoms with Crippen LogP contribution in [-0.2, 0) is 19.0 Å². The Labute approximate surface area is 84.7 Å². The van der Waals surface area contributed by atoms with E-state index >= 15 is 0 Å². The van der Waals surface area contributed by atoms with E-state index in [4.69, 9.17) is 9.47 Å². The molecule has 0 aromatic carbocycles. The van der Waals surface area contributed by atoms with Gasteiger partial charge in [0.05, 0.1) is 13.0 Å². The molecule has 1 unspecified atom stereocenters. The van der Waals surface area contributed by atoms with Crippen molar-refractivity contribution in [2.45, 2.75) is 13.2 Å². The van der Waals surface area contributed by atoms with Gasteiger partial charge in [0.25, 0.3) is 0 Å². The average molecular weight is 205 g/mol. The summed E-state index contributed by atoms with van der Waals surface area (Å²) in [5, 5.41) is 3.05. The van der Waals surface area contributed by atoms with Gasteiger partial charge in [-0.15, -0.1) is 0 Å². The molecule has 5 nitrogen and oxygen atoms in total. The highest BCUT2D eigenvalue weighted by Crippen LogP contribution is 1.95. The molecule has 0 aromatic heterocycles. The van der Waals surface area contributed by atoms with Crippen LogP contribution in [0.25, 0.3) is 0 Å². The van der Waals surface area contributed by atoms with Crippen LogP contribution in [0, 0.1) is 5.92 Å². The van der Waals surface area contributed by atoms with E-state index in [-0.39, 0.29) is 18.2 Å². The predicted octanol–water partition coefficient (Wildman–Crippen LogP) is 0.00400. The quantitative estimate of drug-likeness (QED) is 0.468. The lowest BCUT2D eigenvalue weighted by molar-refractivity contribution is -0.144. The van der Waals surface area contributed by atoms with Gasteiger partial charge in [0.2, 0.25) is 0 Å². The summed E-state index contributed by atoms with van der Waals surface area (Å²) in [5.74, 6) is -0.377. The van der Waals surface area contributed by atoms with Gasteiger partial charge in [0.1, 0.15) is 0 Å². The lowest BCUT2D eigenvalue weighted by atomic mass is 10.2. The van der Waals surface area contributed by atoms with Crippen molar-refractivity contribution < 1.29 is 19.0 Å². The highest BCUT2D eigenvalue weighted by atomic mass is 16.7. The zero-order chi connectivity index (χ0) is 11.0. The lowest BCUT2D eigenvalue weighted by Crippen LogP contribution is -2.34. The molecule has 84 valence electrons. The first-order chi connectivity index (χ1) is 6.65. The summed E-state index contributed by atoms with van der Waals surface area (Å²) in [7, 11) is 4.52. The number of carbonyl (C=O) groups excluding carboxylic acids is 1. The van der Waals surface area contributed by atoms with Crippen molar-refractivity contribution in [3.8, 4) is 0 Å². The zero-order valence-electron chi connectivity index (χ0n) is 9.20. The third-order valence-electron chi connectivity index (χ3n) is 1.89. The number of carbonyl (C=O) groups is 1. The zero-order valence-corrected chi connectivity index (χ0v) is 9.20. The summed E-state index contributed by atoms with van der Waals surface area (Å²) in [4.78, 5) is 11.0. The Morgan fingerprint density at radius 2 is 1.79 bits per heavy atom. The van der Waals surface area contributed by atoms with E-state index in [2.05, 4.69) is 10.1 Å². The minimum atomic E-state index is -0.278. The number of hydrogen-bond acceptors (Lipinski definition) is 5. The van der Waals surface area contributed by atoms with E-state index in [0.717, 1.165) is 0 Å². The van der Waals surface area contributed by atoms with Crippen LogP contribution in [0.1, 0.15) is 6.92 Å². The van der Waals surface area contributed by atoms with Gasteiger partial charge < -0.3 is 19.5 Å². The minimum Gasteiger partial charge on any atom is -0.469 e. The first-order valence-electron chi connectivity index (χ1n) is 4.49. The summed E-state index contributed by atoms with van der Waals surface area (Å²) in [6, 6.07) is 0. The van der Waals surface area contributed by atoms with Crippen LogP contribution < -0.4 is 5.32 Å². The number of ether oxygens (including phenoxy) is 3. The SMILES string of the molecule is COC(=O)C(C)CNCC(OC)OC. The molecule has 5 heteroatoms. The number of esters is 1. The molecule has 0 bridgehead atoms. The van der Waals surface area contributed by atoms with Gasteiger partial charge in [-0.2, -0.15) is 0 Å². The number of rotatable bonds is 7. The van der Waals surface area contributed by atoms with E-state index in [1.54, 1.807) is 21.1 Å². The first kappa shape index (κ1) is 13.4. The Morgan fingerprint density at radius 1 is 1.21 bits per heavy atom. The molecular formula is C9H19NO4. The van der Waals surface area contributed by atoms with Crippen molar-refractivity contribution in [2.75, 3.05) is 34.4 Å². The third-order valence-corrected chi connectivity index (χ3v) is 1.89. The number of hydrogen-bond donors (Lipinski definition) is 1. The number of methoxy groups -OCH3 is 3. The molecule has 0 saturated heterocycles. The molecule has 0 aliphatic rings. The van der Waals surface area contributed by atoms with Crippen molar-refractivity contribution in [3.63, 3.8) is 0 Å². The van der Waals surface area contributed by atoms with Gasteiger partial charge in [-0.1, -0.05) is 6.92 Å². The van der Waals surface area contributed by atoms with Crippen LogP contribution >= 0.6 is 0 Å². The largest absolute Gasteiger partial charge is 0.469 e. The first-order valence-corrected chi connectivity index (χ1v) is 4.49. The topological polar surface area (TPSA) is 56.8 Å². The molecule has 0 heterocycles. The molecule has 0 aliphatic heterocycles. The van der Waals surface area contributed by atoms with E-state index in [1.165, 1.54) is 7.11 Å². The maximum atomic E-state index is 11.0. The van der Waals surface area contributed by atoms with Crippen molar-refractivity contribution in [1.82, 2.24) is 5.32 Å². The smallest absolute Gasteiger partial charge is 0.309 e. The molecule has 0 radical (unpaired) electrons. The van der Waals surface area contributed by atoms with Gasteiger partial charge in [-0.3, -0.25) is 4.79 Å². The molecule has 0 rings (SSSR count). The van der Waals surface area contributed by atoms with Crippen molar-refractivity contribution >= 4 is 5.97 Å². The van der Waals surface area contributed by atoms with Gasteiger partial charge in [0, 0.05) is 27.3 Å². The van der Waals surface area contributed by atoms with Crippen LogP contribution in [0.2, 0.25) is 0 Å². The lowest BCUT2D eigenvalue weighted by Gasteiger charge is -2.15. The molecule has 0 fully saturated rings. The fourth-order valence-corrected chi connectivity index (χ4v) is 0.965. The van der Waals surface area contributed by atoms with Crippen molar-refractivity contribution in [3.05, 3.63) is 0 Å². The van der Waals surface area contributed by atoms with Crippen molar-refractivity contribution in [1.29, 1.82) is 0 Å². The summed E-state index contributed by atoms with van der Waals surface area (Å²) < 4.78 is 14.5. The Hall–Kier alpha value is -0.650. The molecule has 14 heavy (non-hydrogen) atoms. The van der Waals surface area contributed by atoms with Crippen LogP contribution in [0.3, 0.4) is 0 Å². The Bertz CT molecular complexity index is 159. The Morgan fingerprint density at radius 3 is 2.21 bits per heavy atom. The molecule has 1 atom stereocenters. The Kier molecular flexibility index (Phi) is 7.37. The molecule has 0 spiro atoms. The molecule has 0 aromatic rings. The van der Waals surface area contributed by atoms with Gasteiger partial charge in [0.15, 0.2) is 6.29 Å². The second-order valence-electron chi connectivity index (χ2n) is 2.98. The molecule has 1 N–H and O–H groups in total. The summed E-state index contributed by atoms with van der Waals surface area (Å²) >= 11 is 0. The average Bonchev–Trinajstić information content (AvgIpc) is 2.22. The normalized spacial score (nSPS) is 12.9. The van der Waals surface area contributed by atoms with Gasteiger partial charge >= 0.3 is 5.97 Å². The minimum absolute atomic E-state index is 0.158. The highest BCUT2D eigenvalue weighted by Gasteiger charge is 2.13. The van der Waals surface area contributed by atoms with E-state index in [9.17, 15) is 4.79 Å². The fraction of sp³-hybridized carbons (Fsp3) is 0.889. The summed E-state index contributed by atoms with van der Waals surface area (Å²) in [6.45, 7) is 2.90. The summed E-state index contributed by atoms with van der Waals surface area (Å²) in [5.41, 5.74) is 0. The molecular weight excluding hydrogens is 186 g/mol. The fourth-order valence-electron chi connectivity index (χ4n) is 0.965. The van der Waals surface area contributed by atoms with Crippen LogP contribution in [0.4, 0.5) is 0 Å². The van der Waals surface area contributed by atoms with Crippen LogP contribution in [-0.4, -0.2) is 46.7 Å². The molecule has 0 aliphatic carbocycles. The third kappa shape index (κ3) is 5.16. The maximum absolute atomic E-state index is 11.0. The van der Waals surface area contributed by atoms with Crippen molar-refractivity contribution in [2.24, 2.45) is 5.92 Å².